The molecule has 0 saturated carbocycles. The fourth-order valence-electron chi connectivity index (χ4n) is 1.93. The zero-order valence-electron chi connectivity index (χ0n) is 10.9. The number of nitrogens with one attached hydrogen (secondary N) is 1. The molecule has 96 valence electrons. The quantitative estimate of drug-likeness (QED) is 0.897. The summed E-state index contributed by atoms with van der Waals surface area (Å²) >= 11 is 0. The molecule has 0 fully saturated rings. The molecule has 18 heavy (non-hydrogen) atoms. The molecule has 0 bridgehead atoms. The van der Waals surface area contributed by atoms with Crippen LogP contribution in [-0.2, 0) is 7.05 Å². The second-order valence-corrected chi connectivity index (χ2v) is 4.45. The van der Waals surface area contributed by atoms with Gasteiger partial charge in [0.15, 0.2) is 0 Å². The third kappa shape index (κ3) is 2.70. The van der Waals surface area contributed by atoms with Gasteiger partial charge in [-0.15, -0.1) is 0 Å². The summed E-state index contributed by atoms with van der Waals surface area (Å²) in [6, 6.07) is 8.76. The Hall–Kier alpha value is -1.84. The zero-order valence-corrected chi connectivity index (χ0v) is 10.9. The van der Waals surface area contributed by atoms with Crippen molar-refractivity contribution < 1.29 is 4.39 Å². The van der Waals surface area contributed by atoms with Crippen molar-refractivity contribution in [2.75, 3.05) is 5.32 Å². The first-order valence-corrected chi connectivity index (χ1v) is 6.12. The summed E-state index contributed by atoms with van der Waals surface area (Å²) in [6.45, 7) is 4.11. The van der Waals surface area contributed by atoms with Crippen LogP contribution in [-0.4, -0.2) is 9.78 Å². The SMILES string of the molecule is CCC(Nc1cc(C)n(C)n1)c1ccc(F)cc1. The Morgan fingerprint density at radius 2 is 2.00 bits per heavy atom. The largest absolute Gasteiger partial charge is 0.362 e. The lowest BCUT2D eigenvalue weighted by Crippen LogP contribution is -2.10. The molecule has 3 nitrogen and oxygen atoms in total. The molecule has 0 aliphatic carbocycles. The summed E-state index contributed by atoms with van der Waals surface area (Å²) in [5, 5.41) is 7.74. The van der Waals surface area contributed by atoms with Crippen LogP contribution in [0, 0.1) is 12.7 Å². The molecule has 2 rings (SSSR count). The molecule has 0 aliphatic heterocycles. The Bertz CT molecular complexity index is 497. The van der Waals surface area contributed by atoms with Crippen molar-refractivity contribution >= 4 is 5.82 Å². The summed E-state index contributed by atoms with van der Waals surface area (Å²) in [7, 11) is 1.92. The Balaban J connectivity index is 2.16. The van der Waals surface area contributed by atoms with Gasteiger partial charge in [-0.2, -0.15) is 5.10 Å². The van der Waals surface area contributed by atoms with Crippen LogP contribution in [0.15, 0.2) is 30.3 Å². The lowest BCUT2D eigenvalue weighted by molar-refractivity contribution is 0.625. The highest BCUT2D eigenvalue weighted by Gasteiger charge is 2.11. The Labute approximate surface area is 107 Å². The van der Waals surface area contributed by atoms with E-state index >= 15 is 0 Å². The molecule has 4 heteroatoms. The third-order valence-electron chi connectivity index (χ3n) is 3.12. The number of rotatable bonds is 4. The van der Waals surface area contributed by atoms with E-state index in [1.807, 2.05) is 36.9 Å². The number of benzene rings is 1. The number of aromatic nitrogens is 2. The van der Waals surface area contributed by atoms with Crippen LogP contribution in [0.25, 0.3) is 0 Å². The van der Waals surface area contributed by atoms with Gasteiger partial charge in [0.25, 0.3) is 0 Å². The van der Waals surface area contributed by atoms with E-state index in [1.165, 1.54) is 12.1 Å². The first-order valence-electron chi connectivity index (χ1n) is 6.12. The molecule has 1 N–H and O–H groups in total. The number of hydrogen-bond donors (Lipinski definition) is 1. The summed E-state index contributed by atoms with van der Waals surface area (Å²) in [4.78, 5) is 0. The molecule has 0 saturated heterocycles. The van der Waals surface area contributed by atoms with E-state index in [2.05, 4.69) is 17.3 Å². The van der Waals surface area contributed by atoms with Crippen LogP contribution in [0.1, 0.15) is 30.6 Å². The maximum absolute atomic E-state index is 12.9. The molecule has 0 aliphatic rings. The van der Waals surface area contributed by atoms with Crippen molar-refractivity contribution in [3.63, 3.8) is 0 Å². The molecule has 1 aromatic carbocycles. The van der Waals surface area contributed by atoms with Gasteiger partial charge in [0.1, 0.15) is 11.6 Å². The van der Waals surface area contributed by atoms with Crippen molar-refractivity contribution in [2.24, 2.45) is 7.05 Å². The number of anilines is 1. The average molecular weight is 247 g/mol. The van der Waals surface area contributed by atoms with E-state index in [0.29, 0.717) is 0 Å². The molecular formula is C14H18FN3. The lowest BCUT2D eigenvalue weighted by Gasteiger charge is -2.16. The van der Waals surface area contributed by atoms with E-state index in [1.54, 1.807) is 0 Å². The average Bonchev–Trinajstić information content (AvgIpc) is 2.67. The van der Waals surface area contributed by atoms with Gasteiger partial charge in [-0.3, -0.25) is 4.68 Å². The predicted molar refractivity (Wildman–Crippen MR) is 71.0 cm³/mol. The lowest BCUT2D eigenvalue weighted by atomic mass is 10.0. The highest BCUT2D eigenvalue weighted by atomic mass is 19.1. The Morgan fingerprint density at radius 3 is 2.50 bits per heavy atom. The minimum absolute atomic E-state index is 0.153. The molecule has 1 unspecified atom stereocenters. The monoisotopic (exact) mass is 247 g/mol. The smallest absolute Gasteiger partial charge is 0.148 e. The van der Waals surface area contributed by atoms with Crippen molar-refractivity contribution in [3.8, 4) is 0 Å². The zero-order chi connectivity index (χ0) is 13.1. The Kier molecular flexibility index (Phi) is 3.65. The van der Waals surface area contributed by atoms with Crippen LogP contribution in [0.4, 0.5) is 10.2 Å². The maximum atomic E-state index is 12.9. The van der Waals surface area contributed by atoms with Gasteiger partial charge in [0.2, 0.25) is 0 Å². The highest BCUT2D eigenvalue weighted by molar-refractivity contribution is 5.39. The number of nitrogens with zero attached hydrogens (tertiary/aromatic N) is 2. The standard InChI is InChI=1S/C14H18FN3/c1-4-13(11-5-7-12(15)8-6-11)16-14-9-10(2)18(3)17-14/h5-9,13H,4H2,1-3H3,(H,16,17). The fourth-order valence-corrected chi connectivity index (χ4v) is 1.93. The topological polar surface area (TPSA) is 29.9 Å². The van der Waals surface area contributed by atoms with Crippen LogP contribution >= 0.6 is 0 Å². The molecule has 1 atom stereocenters. The maximum Gasteiger partial charge on any atom is 0.148 e. The van der Waals surface area contributed by atoms with Crippen LogP contribution < -0.4 is 5.32 Å². The third-order valence-corrected chi connectivity index (χ3v) is 3.12. The summed E-state index contributed by atoms with van der Waals surface area (Å²) in [5.41, 5.74) is 2.17. The fraction of sp³-hybridized carbons (Fsp3) is 0.357. The van der Waals surface area contributed by atoms with Crippen molar-refractivity contribution in [3.05, 3.63) is 47.4 Å². The van der Waals surface area contributed by atoms with Gasteiger partial charge in [-0.25, -0.2) is 4.39 Å². The number of hydrogen-bond acceptors (Lipinski definition) is 2. The van der Waals surface area contributed by atoms with Gasteiger partial charge >= 0.3 is 0 Å². The van der Waals surface area contributed by atoms with Gasteiger partial charge in [-0.1, -0.05) is 19.1 Å². The molecule has 2 aromatic rings. The van der Waals surface area contributed by atoms with E-state index in [4.69, 9.17) is 0 Å². The van der Waals surface area contributed by atoms with Gasteiger partial charge < -0.3 is 5.32 Å². The molecule has 0 radical (unpaired) electrons. The first kappa shape index (κ1) is 12.6. The van der Waals surface area contributed by atoms with E-state index < -0.39 is 0 Å². The molecule has 0 amide bonds. The van der Waals surface area contributed by atoms with Gasteiger partial charge in [0, 0.05) is 18.8 Å². The van der Waals surface area contributed by atoms with Gasteiger partial charge in [-0.05, 0) is 31.0 Å². The van der Waals surface area contributed by atoms with E-state index in [0.717, 1.165) is 23.5 Å². The van der Waals surface area contributed by atoms with Crippen LogP contribution in [0.5, 0.6) is 0 Å². The molecule has 1 aromatic heterocycles. The van der Waals surface area contributed by atoms with Crippen molar-refractivity contribution in [2.45, 2.75) is 26.3 Å². The molecule has 1 heterocycles. The number of halogens is 1. The predicted octanol–water partition coefficient (Wildman–Crippen LogP) is 3.43. The Morgan fingerprint density at radius 1 is 1.33 bits per heavy atom. The first-order chi connectivity index (χ1) is 8.60. The molecule has 0 spiro atoms. The second-order valence-electron chi connectivity index (χ2n) is 4.45. The number of aryl methyl sites for hydroxylation is 2. The van der Waals surface area contributed by atoms with Gasteiger partial charge in [0.05, 0.1) is 6.04 Å². The highest BCUT2D eigenvalue weighted by Crippen LogP contribution is 2.22. The minimum atomic E-state index is -0.206. The second kappa shape index (κ2) is 5.21. The summed E-state index contributed by atoms with van der Waals surface area (Å²) < 4.78 is 14.7. The van der Waals surface area contributed by atoms with Crippen molar-refractivity contribution in [1.82, 2.24) is 9.78 Å². The normalized spacial score (nSPS) is 12.4. The van der Waals surface area contributed by atoms with Crippen molar-refractivity contribution in [1.29, 1.82) is 0 Å². The minimum Gasteiger partial charge on any atom is -0.362 e. The molecular weight excluding hydrogens is 229 g/mol. The summed E-state index contributed by atoms with van der Waals surface area (Å²) in [6.07, 6.45) is 0.918. The van der Waals surface area contributed by atoms with E-state index in [9.17, 15) is 4.39 Å². The summed E-state index contributed by atoms with van der Waals surface area (Å²) in [5.74, 6) is 0.647. The van der Waals surface area contributed by atoms with E-state index in [-0.39, 0.29) is 11.9 Å². The van der Waals surface area contributed by atoms with Crippen LogP contribution in [0.3, 0.4) is 0 Å². The van der Waals surface area contributed by atoms with Crippen LogP contribution in [0.2, 0.25) is 0 Å².